The number of aromatic nitrogens is 4. The van der Waals surface area contributed by atoms with E-state index in [2.05, 4.69) is 56.0 Å². The van der Waals surface area contributed by atoms with E-state index in [1.54, 1.807) is 6.20 Å². The molecule has 5 nitrogen and oxygen atoms in total. The van der Waals surface area contributed by atoms with Crippen LogP contribution in [0.1, 0.15) is 30.2 Å². The van der Waals surface area contributed by atoms with E-state index in [4.69, 9.17) is 0 Å². The average molecular weight is 281 g/mol. The van der Waals surface area contributed by atoms with Crippen molar-refractivity contribution in [1.82, 2.24) is 24.8 Å². The second-order valence-corrected chi connectivity index (χ2v) is 5.03. The summed E-state index contributed by atoms with van der Waals surface area (Å²) in [6.07, 6.45) is 7.47. The molecule has 1 atom stereocenters. The number of H-pyrrole nitrogens is 1. The van der Waals surface area contributed by atoms with Crippen LogP contribution in [0.2, 0.25) is 0 Å². The van der Waals surface area contributed by atoms with Gasteiger partial charge in [-0.2, -0.15) is 0 Å². The minimum absolute atomic E-state index is 0.168. The Morgan fingerprint density at radius 3 is 2.81 bits per heavy atom. The standard InChI is InChI=1S/C16H19N5/c1-13(16-18-7-8-19-16)20-11-15-17-9-10-21(15)12-14-5-3-2-4-6-14/h2-10,13,20H,11-12H2,1H3,(H,18,19)/t13-/m1/s1. The number of rotatable bonds is 6. The zero-order valence-corrected chi connectivity index (χ0v) is 12.0. The van der Waals surface area contributed by atoms with Crippen LogP contribution in [0, 0.1) is 0 Å². The molecule has 0 saturated heterocycles. The fourth-order valence-corrected chi connectivity index (χ4v) is 2.29. The molecule has 0 aliphatic heterocycles. The summed E-state index contributed by atoms with van der Waals surface area (Å²) in [6, 6.07) is 10.6. The molecular formula is C16H19N5. The molecule has 0 unspecified atom stereocenters. The molecule has 21 heavy (non-hydrogen) atoms. The van der Waals surface area contributed by atoms with E-state index in [1.807, 2.05) is 24.7 Å². The van der Waals surface area contributed by atoms with Crippen LogP contribution < -0.4 is 5.32 Å². The molecule has 0 aliphatic rings. The first-order valence-electron chi connectivity index (χ1n) is 7.09. The highest BCUT2D eigenvalue weighted by Gasteiger charge is 2.09. The molecule has 2 aromatic heterocycles. The van der Waals surface area contributed by atoms with Crippen molar-refractivity contribution in [3.63, 3.8) is 0 Å². The van der Waals surface area contributed by atoms with E-state index in [-0.39, 0.29) is 6.04 Å². The van der Waals surface area contributed by atoms with Crippen LogP contribution in [-0.4, -0.2) is 19.5 Å². The maximum atomic E-state index is 4.44. The second kappa shape index (κ2) is 6.37. The van der Waals surface area contributed by atoms with Crippen LogP contribution in [0.3, 0.4) is 0 Å². The maximum absolute atomic E-state index is 4.44. The molecule has 3 aromatic rings. The molecule has 0 fully saturated rings. The predicted octanol–water partition coefficient (Wildman–Crippen LogP) is 2.51. The molecular weight excluding hydrogens is 262 g/mol. The smallest absolute Gasteiger partial charge is 0.122 e. The molecule has 2 N–H and O–H groups in total. The lowest BCUT2D eigenvalue weighted by atomic mass is 10.2. The number of nitrogens with zero attached hydrogens (tertiary/aromatic N) is 3. The molecule has 0 spiro atoms. The average Bonchev–Trinajstić information content (AvgIpc) is 3.18. The number of aromatic amines is 1. The van der Waals surface area contributed by atoms with Crippen molar-refractivity contribution in [1.29, 1.82) is 0 Å². The van der Waals surface area contributed by atoms with Crippen LogP contribution in [0.15, 0.2) is 55.1 Å². The lowest BCUT2D eigenvalue weighted by Crippen LogP contribution is -2.21. The van der Waals surface area contributed by atoms with E-state index >= 15 is 0 Å². The first kappa shape index (κ1) is 13.6. The van der Waals surface area contributed by atoms with Gasteiger partial charge in [0.05, 0.1) is 12.6 Å². The zero-order valence-electron chi connectivity index (χ0n) is 12.0. The van der Waals surface area contributed by atoms with Crippen molar-refractivity contribution in [2.45, 2.75) is 26.1 Å². The molecule has 3 rings (SSSR count). The number of benzene rings is 1. The summed E-state index contributed by atoms with van der Waals surface area (Å²) < 4.78 is 2.16. The summed E-state index contributed by atoms with van der Waals surface area (Å²) in [5.74, 6) is 1.97. The Balaban J connectivity index is 1.63. The minimum Gasteiger partial charge on any atom is -0.347 e. The molecule has 0 saturated carbocycles. The quantitative estimate of drug-likeness (QED) is 0.730. The van der Waals surface area contributed by atoms with Gasteiger partial charge >= 0.3 is 0 Å². The van der Waals surface area contributed by atoms with E-state index in [1.165, 1.54) is 5.56 Å². The number of imidazole rings is 2. The van der Waals surface area contributed by atoms with Gasteiger partial charge in [0.2, 0.25) is 0 Å². The summed E-state index contributed by atoms with van der Waals surface area (Å²) in [5, 5.41) is 3.44. The van der Waals surface area contributed by atoms with Gasteiger partial charge < -0.3 is 14.9 Å². The monoisotopic (exact) mass is 281 g/mol. The third-order valence-corrected chi connectivity index (χ3v) is 3.49. The molecule has 0 amide bonds. The largest absolute Gasteiger partial charge is 0.347 e. The minimum atomic E-state index is 0.168. The third-order valence-electron chi connectivity index (χ3n) is 3.49. The van der Waals surface area contributed by atoms with Crippen molar-refractivity contribution < 1.29 is 0 Å². The summed E-state index contributed by atoms with van der Waals surface area (Å²) in [5.41, 5.74) is 1.27. The fraction of sp³-hybridized carbons (Fsp3) is 0.250. The Bertz CT molecular complexity index is 657. The van der Waals surface area contributed by atoms with Crippen LogP contribution >= 0.6 is 0 Å². The zero-order chi connectivity index (χ0) is 14.5. The van der Waals surface area contributed by atoms with Gasteiger partial charge in [-0.05, 0) is 12.5 Å². The van der Waals surface area contributed by atoms with Crippen molar-refractivity contribution in [3.8, 4) is 0 Å². The van der Waals surface area contributed by atoms with Gasteiger partial charge in [0.1, 0.15) is 11.6 Å². The third kappa shape index (κ3) is 3.38. The summed E-state index contributed by atoms with van der Waals surface area (Å²) in [6.45, 7) is 3.64. The number of nitrogens with one attached hydrogen (secondary N) is 2. The van der Waals surface area contributed by atoms with Gasteiger partial charge in [-0.1, -0.05) is 30.3 Å². The highest BCUT2D eigenvalue weighted by atomic mass is 15.1. The molecule has 0 radical (unpaired) electrons. The molecule has 2 heterocycles. The van der Waals surface area contributed by atoms with Crippen molar-refractivity contribution in [2.24, 2.45) is 0 Å². The molecule has 0 bridgehead atoms. The highest BCUT2D eigenvalue weighted by molar-refractivity contribution is 5.15. The summed E-state index contributed by atoms with van der Waals surface area (Å²) in [4.78, 5) is 11.8. The SMILES string of the molecule is C[C@@H](NCc1nccn1Cc1ccccc1)c1ncc[nH]1. The van der Waals surface area contributed by atoms with E-state index in [0.717, 1.165) is 18.2 Å². The van der Waals surface area contributed by atoms with Crippen molar-refractivity contribution in [2.75, 3.05) is 0 Å². The molecule has 0 aliphatic carbocycles. The number of hydrogen-bond donors (Lipinski definition) is 2. The van der Waals surface area contributed by atoms with Crippen LogP contribution in [0.5, 0.6) is 0 Å². The molecule has 108 valence electrons. The van der Waals surface area contributed by atoms with Gasteiger partial charge in [-0.3, -0.25) is 0 Å². The van der Waals surface area contributed by atoms with E-state index in [9.17, 15) is 0 Å². The van der Waals surface area contributed by atoms with Gasteiger partial charge in [0, 0.05) is 31.3 Å². The van der Waals surface area contributed by atoms with Crippen LogP contribution in [0.25, 0.3) is 0 Å². The lowest BCUT2D eigenvalue weighted by Gasteiger charge is -2.13. The molecule has 1 aromatic carbocycles. The number of hydrogen-bond acceptors (Lipinski definition) is 3. The van der Waals surface area contributed by atoms with Gasteiger partial charge in [0.15, 0.2) is 0 Å². The Hall–Kier alpha value is -2.40. The van der Waals surface area contributed by atoms with Gasteiger partial charge in [-0.15, -0.1) is 0 Å². The van der Waals surface area contributed by atoms with E-state index in [0.29, 0.717) is 6.54 Å². The van der Waals surface area contributed by atoms with Crippen LogP contribution in [-0.2, 0) is 13.1 Å². The Morgan fingerprint density at radius 1 is 1.19 bits per heavy atom. The Morgan fingerprint density at radius 2 is 2.05 bits per heavy atom. The van der Waals surface area contributed by atoms with Gasteiger partial charge in [0.25, 0.3) is 0 Å². The van der Waals surface area contributed by atoms with Crippen LogP contribution in [0.4, 0.5) is 0 Å². The highest BCUT2D eigenvalue weighted by Crippen LogP contribution is 2.09. The Kier molecular flexibility index (Phi) is 4.12. The molecule has 5 heteroatoms. The van der Waals surface area contributed by atoms with E-state index < -0.39 is 0 Å². The Labute approximate surface area is 124 Å². The first-order valence-corrected chi connectivity index (χ1v) is 7.09. The summed E-state index contributed by atoms with van der Waals surface area (Å²) in [7, 11) is 0. The van der Waals surface area contributed by atoms with Gasteiger partial charge in [-0.25, -0.2) is 9.97 Å². The lowest BCUT2D eigenvalue weighted by molar-refractivity contribution is 0.525. The second-order valence-electron chi connectivity index (χ2n) is 5.03. The normalized spacial score (nSPS) is 12.4. The predicted molar refractivity (Wildman–Crippen MR) is 81.6 cm³/mol. The maximum Gasteiger partial charge on any atom is 0.122 e. The topological polar surface area (TPSA) is 58.5 Å². The fourth-order valence-electron chi connectivity index (χ4n) is 2.29. The first-order chi connectivity index (χ1) is 10.3. The summed E-state index contributed by atoms with van der Waals surface area (Å²) >= 11 is 0. The van der Waals surface area contributed by atoms with Crippen molar-refractivity contribution in [3.05, 3.63) is 72.3 Å². The van der Waals surface area contributed by atoms with Crippen molar-refractivity contribution >= 4 is 0 Å².